The monoisotopic (exact) mass is 449 g/mol. The molecular formula is C20H21Cl2N5O3. The average molecular weight is 450 g/mol. The third-order valence-corrected chi connectivity index (χ3v) is 5.65. The number of pyridine rings is 1. The minimum Gasteiger partial charge on any atom is -0.495 e. The first-order valence-electron chi connectivity index (χ1n) is 9.35. The normalized spacial score (nSPS) is 16.0. The van der Waals surface area contributed by atoms with Crippen LogP contribution in [0.1, 0.15) is 6.42 Å². The van der Waals surface area contributed by atoms with Crippen LogP contribution in [0.4, 0.5) is 11.8 Å². The van der Waals surface area contributed by atoms with E-state index in [9.17, 15) is 0 Å². The summed E-state index contributed by atoms with van der Waals surface area (Å²) in [6.45, 7) is 1.38. The fourth-order valence-electron chi connectivity index (χ4n) is 3.35. The molecule has 4 rings (SSSR count). The van der Waals surface area contributed by atoms with Crippen molar-refractivity contribution in [1.82, 2.24) is 15.0 Å². The maximum atomic E-state index is 6.57. The molecule has 1 saturated heterocycles. The first-order valence-corrected chi connectivity index (χ1v) is 10.1. The first kappa shape index (κ1) is 20.7. The molecule has 30 heavy (non-hydrogen) atoms. The molecule has 0 amide bonds. The molecule has 0 spiro atoms. The maximum absolute atomic E-state index is 6.57. The van der Waals surface area contributed by atoms with Crippen LogP contribution < -0.4 is 20.1 Å². The largest absolute Gasteiger partial charge is 0.495 e. The molecule has 0 radical (unpaired) electrons. The molecule has 8 nitrogen and oxygen atoms in total. The number of nitrogens with zero attached hydrogens (tertiary/aromatic N) is 3. The molecule has 1 unspecified atom stereocenters. The van der Waals surface area contributed by atoms with Crippen LogP contribution in [-0.2, 0) is 4.74 Å². The summed E-state index contributed by atoms with van der Waals surface area (Å²) in [7, 11) is 4.84. The molecule has 1 aliphatic heterocycles. The Morgan fingerprint density at radius 3 is 2.43 bits per heavy atom. The quantitative estimate of drug-likeness (QED) is 0.576. The Bertz CT molecular complexity index is 1060. The summed E-state index contributed by atoms with van der Waals surface area (Å²) in [6, 6.07) is 3.68. The summed E-state index contributed by atoms with van der Waals surface area (Å²) in [6.07, 6.45) is 2.66. The molecule has 158 valence electrons. The van der Waals surface area contributed by atoms with E-state index >= 15 is 0 Å². The van der Waals surface area contributed by atoms with Gasteiger partial charge in [-0.05, 0) is 12.5 Å². The number of ether oxygens (including phenoxy) is 3. The van der Waals surface area contributed by atoms with Gasteiger partial charge in [0.1, 0.15) is 17.0 Å². The van der Waals surface area contributed by atoms with Crippen molar-refractivity contribution >= 4 is 45.9 Å². The average Bonchev–Trinajstić information content (AvgIpc) is 3.26. The van der Waals surface area contributed by atoms with Crippen LogP contribution >= 0.6 is 23.2 Å². The van der Waals surface area contributed by atoms with E-state index in [-0.39, 0.29) is 6.04 Å². The second-order valence-corrected chi connectivity index (χ2v) is 7.48. The minimum atomic E-state index is 0.203. The van der Waals surface area contributed by atoms with Gasteiger partial charge in [0, 0.05) is 36.9 Å². The van der Waals surface area contributed by atoms with Gasteiger partial charge in [0.2, 0.25) is 5.95 Å². The highest BCUT2D eigenvalue weighted by atomic mass is 35.5. The molecule has 1 atom stereocenters. The van der Waals surface area contributed by atoms with Crippen LogP contribution in [0.25, 0.3) is 22.2 Å². The highest BCUT2D eigenvalue weighted by molar-refractivity contribution is 6.41. The zero-order valence-corrected chi connectivity index (χ0v) is 18.3. The lowest BCUT2D eigenvalue weighted by Gasteiger charge is -2.16. The van der Waals surface area contributed by atoms with Gasteiger partial charge in [-0.2, -0.15) is 0 Å². The molecule has 2 N–H and O–H groups in total. The lowest BCUT2D eigenvalue weighted by atomic mass is 10.1. The number of methoxy groups -OCH3 is 2. The Morgan fingerprint density at radius 1 is 1.10 bits per heavy atom. The van der Waals surface area contributed by atoms with E-state index in [1.54, 1.807) is 19.3 Å². The Kier molecular flexibility index (Phi) is 5.99. The zero-order valence-electron chi connectivity index (χ0n) is 16.8. The Balaban J connectivity index is 1.83. The SMILES string of the molecule is CNc1nc(-c2c(Cl)c(OC)cc(OC)c2Cl)cc2cnc(NC3CCOC3)nc12. The Morgan fingerprint density at radius 2 is 1.83 bits per heavy atom. The molecule has 3 aromatic rings. The molecule has 1 aliphatic rings. The van der Waals surface area contributed by atoms with E-state index in [1.165, 1.54) is 14.2 Å². The van der Waals surface area contributed by atoms with Gasteiger partial charge in [-0.15, -0.1) is 0 Å². The predicted molar refractivity (Wildman–Crippen MR) is 118 cm³/mol. The van der Waals surface area contributed by atoms with Crippen LogP contribution in [0.3, 0.4) is 0 Å². The smallest absolute Gasteiger partial charge is 0.223 e. The number of hydrogen-bond donors (Lipinski definition) is 2. The number of aromatic nitrogens is 3. The molecule has 0 bridgehead atoms. The van der Waals surface area contributed by atoms with Gasteiger partial charge in [0.05, 0.1) is 42.6 Å². The van der Waals surface area contributed by atoms with E-state index in [0.717, 1.165) is 18.4 Å². The van der Waals surface area contributed by atoms with E-state index in [4.69, 9.17) is 42.4 Å². The van der Waals surface area contributed by atoms with Crippen LogP contribution in [0.5, 0.6) is 11.5 Å². The van der Waals surface area contributed by atoms with E-state index in [0.29, 0.717) is 56.7 Å². The van der Waals surface area contributed by atoms with Crippen LogP contribution in [0.15, 0.2) is 18.3 Å². The van der Waals surface area contributed by atoms with Gasteiger partial charge in [-0.3, -0.25) is 0 Å². The Labute approximate surface area is 183 Å². The van der Waals surface area contributed by atoms with Gasteiger partial charge >= 0.3 is 0 Å². The predicted octanol–water partition coefficient (Wildman–Crippen LogP) is 4.26. The molecule has 0 saturated carbocycles. The van der Waals surface area contributed by atoms with Crippen molar-refractivity contribution in [3.63, 3.8) is 0 Å². The maximum Gasteiger partial charge on any atom is 0.223 e. The Hall–Kier alpha value is -2.55. The first-order chi connectivity index (χ1) is 14.5. The summed E-state index contributed by atoms with van der Waals surface area (Å²) in [5.74, 6) is 1.98. The summed E-state index contributed by atoms with van der Waals surface area (Å²) in [5, 5.41) is 7.87. The second-order valence-electron chi connectivity index (χ2n) is 6.73. The number of halogens is 2. The lowest BCUT2D eigenvalue weighted by Crippen LogP contribution is -2.20. The molecule has 0 aliphatic carbocycles. The van der Waals surface area contributed by atoms with Gasteiger partial charge in [0.15, 0.2) is 5.82 Å². The number of benzene rings is 1. The van der Waals surface area contributed by atoms with E-state index < -0.39 is 0 Å². The van der Waals surface area contributed by atoms with Crippen molar-refractivity contribution in [2.24, 2.45) is 0 Å². The van der Waals surface area contributed by atoms with Crippen LogP contribution in [-0.4, -0.2) is 55.5 Å². The number of anilines is 2. The molecule has 10 heteroatoms. The number of hydrogen-bond acceptors (Lipinski definition) is 8. The van der Waals surface area contributed by atoms with Gasteiger partial charge in [0.25, 0.3) is 0 Å². The van der Waals surface area contributed by atoms with Crippen LogP contribution in [0, 0.1) is 0 Å². The fourth-order valence-corrected chi connectivity index (χ4v) is 4.05. The van der Waals surface area contributed by atoms with Crippen LogP contribution in [0.2, 0.25) is 10.0 Å². The molecule has 1 fully saturated rings. The second kappa shape index (κ2) is 8.67. The van der Waals surface area contributed by atoms with Crippen molar-refractivity contribution in [1.29, 1.82) is 0 Å². The zero-order chi connectivity index (χ0) is 21.3. The molecule has 1 aromatic carbocycles. The third-order valence-electron chi connectivity index (χ3n) is 4.90. The van der Waals surface area contributed by atoms with Crippen molar-refractivity contribution in [3.8, 4) is 22.8 Å². The topological polar surface area (TPSA) is 90.4 Å². The van der Waals surface area contributed by atoms with Crippen molar-refractivity contribution in [2.75, 3.05) is 45.1 Å². The summed E-state index contributed by atoms with van der Waals surface area (Å²) in [5.41, 5.74) is 1.74. The molecule has 3 heterocycles. The van der Waals surface area contributed by atoms with Gasteiger partial charge in [-0.25, -0.2) is 15.0 Å². The van der Waals surface area contributed by atoms with Crippen molar-refractivity contribution < 1.29 is 14.2 Å². The summed E-state index contributed by atoms with van der Waals surface area (Å²) in [4.78, 5) is 13.8. The van der Waals surface area contributed by atoms with E-state index in [2.05, 4.69) is 20.6 Å². The fraction of sp³-hybridized carbons (Fsp3) is 0.350. The standard InChI is InChI=1S/C20H21Cl2N5O3/c1-23-19-18-10(8-24-20(27-18)25-11-4-5-30-9-11)6-12(26-19)15-16(21)13(28-2)7-14(29-3)17(15)22/h6-8,11H,4-5,9H2,1-3H3,(H,23,26)(H,24,25,27). The van der Waals surface area contributed by atoms with E-state index in [1.807, 2.05) is 6.07 Å². The lowest BCUT2D eigenvalue weighted by molar-refractivity contribution is 0.195. The number of fused-ring (bicyclic) bond motifs is 1. The third kappa shape index (κ3) is 3.78. The van der Waals surface area contributed by atoms with Crippen molar-refractivity contribution in [2.45, 2.75) is 12.5 Å². The molecule has 2 aromatic heterocycles. The summed E-state index contributed by atoms with van der Waals surface area (Å²) < 4.78 is 16.1. The highest BCUT2D eigenvalue weighted by Gasteiger charge is 2.22. The number of nitrogens with one attached hydrogen (secondary N) is 2. The summed E-state index contributed by atoms with van der Waals surface area (Å²) >= 11 is 13.1. The number of rotatable bonds is 6. The van der Waals surface area contributed by atoms with Gasteiger partial charge < -0.3 is 24.8 Å². The molecular weight excluding hydrogens is 429 g/mol. The minimum absolute atomic E-state index is 0.203. The van der Waals surface area contributed by atoms with Crippen molar-refractivity contribution in [3.05, 3.63) is 28.4 Å². The van der Waals surface area contributed by atoms with Gasteiger partial charge in [-0.1, -0.05) is 23.2 Å². The highest BCUT2D eigenvalue weighted by Crippen LogP contribution is 2.46.